The molecule has 1 aliphatic carbocycles. The van der Waals surface area contributed by atoms with Crippen molar-refractivity contribution in [2.45, 2.75) is 45.1 Å². The Morgan fingerprint density at radius 3 is 2.87 bits per heavy atom. The zero-order valence-electron chi connectivity index (χ0n) is 9.37. The highest BCUT2D eigenvalue weighted by atomic mass is 16.3. The largest absolute Gasteiger partial charge is 0.468 e. The molecule has 0 spiro atoms. The Bertz CT molecular complexity index is 250. The summed E-state index contributed by atoms with van der Waals surface area (Å²) in [6.45, 7) is 2.01. The van der Waals surface area contributed by atoms with Crippen LogP contribution in [0.15, 0.2) is 22.8 Å². The first-order valence-electron chi connectivity index (χ1n) is 6.18. The van der Waals surface area contributed by atoms with E-state index < -0.39 is 0 Å². The molecule has 2 nitrogen and oxygen atoms in total. The monoisotopic (exact) mass is 207 g/mol. The lowest BCUT2D eigenvalue weighted by atomic mass is 9.87. The molecule has 0 radical (unpaired) electrons. The van der Waals surface area contributed by atoms with Crippen LogP contribution in [0.4, 0.5) is 0 Å². The van der Waals surface area contributed by atoms with Gasteiger partial charge in [-0.3, -0.25) is 0 Å². The Balaban J connectivity index is 1.54. The minimum atomic E-state index is 0.875. The molecule has 0 atom stereocenters. The summed E-state index contributed by atoms with van der Waals surface area (Å²) < 4.78 is 5.26. The Labute approximate surface area is 92.1 Å². The maximum atomic E-state index is 5.26. The van der Waals surface area contributed by atoms with E-state index in [1.165, 1.54) is 38.5 Å². The quantitative estimate of drug-likeness (QED) is 0.749. The van der Waals surface area contributed by atoms with Crippen molar-refractivity contribution < 1.29 is 4.42 Å². The van der Waals surface area contributed by atoms with Crippen LogP contribution in [0, 0.1) is 5.92 Å². The molecule has 0 amide bonds. The lowest BCUT2D eigenvalue weighted by Gasteiger charge is -2.21. The zero-order chi connectivity index (χ0) is 10.3. The van der Waals surface area contributed by atoms with E-state index in [4.69, 9.17) is 4.42 Å². The first-order valence-corrected chi connectivity index (χ1v) is 6.18. The molecule has 1 aromatic heterocycles. The molecule has 1 aliphatic rings. The third kappa shape index (κ3) is 3.71. The van der Waals surface area contributed by atoms with Gasteiger partial charge in [0.25, 0.3) is 0 Å². The third-order valence-corrected chi connectivity index (χ3v) is 3.33. The number of furan rings is 1. The van der Waals surface area contributed by atoms with Gasteiger partial charge < -0.3 is 9.73 Å². The lowest BCUT2D eigenvalue weighted by molar-refractivity contribution is 0.331. The van der Waals surface area contributed by atoms with Crippen LogP contribution in [0.3, 0.4) is 0 Å². The van der Waals surface area contributed by atoms with Crippen LogP contribution >= 0.6 is 0 Å². The van der Waals surface area contributed by atoms with Crippen LogP contribution in [-0.4, -0.2) is 6.54 Å². The average Bonchev–Trinajstić information content (AvgIpc) is 2.79. The molecule has 2 rings (SSSR count). The fraction of sp³-hybridized carbons (Fsp3) is 0.692. The highest BCUT2D eigenvalue weighted by Crippen LogP contribution is 2.25. The highest BCUT2D eigenvalue weighted by Gasteiger charge is 2.12. The van der Waals surface area contributed by atoms with Crippen molar-refractivity contribution in [3.8, 4) is 0 Å². The number of hydrogen-bond acceptors (Lipinski definition) is 2. The van der Waals surface area contributed by atoms with Crippen LogP contribution in [0.25, 0.3) is 0 Å². The van der Waals surface area contributed by atoms with Crippen molar-refractivity contribution in [2.24, 2.45) is 5.92 Å². The van der Waals surface area contributed by atoms with Gasteiger partial charge in [-0.15, -0.1) is 0 Å². The molecule has 2 heteroatoms. The number of rotatable bonds is 5. The van der Waals surface area contributed by atoms with E-state index in [1.807, 2.05) is 12.1 Å². The van der Waals surface area contributed by atoms with Gasteiger partial charge in [-0.25, -0.2) is 0 Å². The Hall–Kier alpha value is -0.760. The van der Waals surface area contributed by atoms with Gasteiger partial charge in [0.05, 0.1) is 12.8 Å². The molecule has 1 heterocycles. The Morgan fingerprint density at radius 1 is 1.27 bits per heavy atom. The highest BCUT2D eigenvalue weighted by molar-refractivity contribution is 4.97. The molecular weight excluding hydrogens is 186 g/mol. The molecule has 1 aromatic rings. The molecule has 0 saturated heterocycles. The minimum absolute atomic E-state index is 0.875. The summed E-state index contributed by atoms with van der Waals surface area (Å²) in [6, 6.07) is 3.96. The van der Waals surface area contributed by atoms with E-state index in [2.05, 4.69) is 5.32 Å². The SMILES string of the molecule is c1coc(CNCCC2CCCCC2)c1. The standard InChI is InChI=1S/C13H21NO/c1-2-5-12(6-3-1)8-9-14-11-13-7-4-10-15-13/h4,7,10,12,14H,1-3,5-6,8-9,11H2. The maximum absolute atomic E-state index is 5.26. The van der Waals surface area contributed by atoms with Gasteiger partial charge in [-0.2, -0.15) is 0 Å². The smallest absolute Gasteiger partial charge is 0.117 e. The summed E-state index contributed by atoms with van der Waals surface area (Å²) >= 11 is 0. The third-order valence-electron chi connectivity index (χ3n) is 3.33. The first kappa shape index (κ1) is 10.7. The summed E-state index contributed by atoms with van der Waals surface area (Å²) in [4.78, 5) is 0. The molecule has 1 N–H and O–H groups in total. The topological polar surface area (TPSA) is 25.2 Å². The molecule has 15 heavy (non-hydrogen) atoms. The normalized spacial score (nSPS) is 18.1. The lowest BCUT2D eigenvalue weighted by Crippen LogP contribution is -2.18. The van der Waals surface area contributed by atoms with Crippen molar-refractivity contribution >= 4 is 0 Å². The molecule has 1 fully saturated rings. The van der Waals surface area contributed by atoms with E-state index in [0.717, 1.165) is 24.8 Å². The summed E-state index contributed by atoms with van der Waals surface area (Å²) in [5.41, 5.74) is 0. The van der Waals surface area contributed by atoms with Gasteiger partial charge in [-0.05, 0) is 31.0 Å². The molecule has 0 unspecified atom stereocenters. The molecule has 1 saturated carbocycles. The van der Waals surface area contributed by atoms with Crippen LogP contribution in [0.5, 0.6) is 0 Å². The van der Waals surface area contributed by atoms with Crippen molar-refractivity contribution in [3.63, 3.8) is 0 Å². The molecule has 0 aromatic carbocycles. The van der Waals surface area contributed by atoms with Gasteiger partial charge in [0.2, 0.25) is 0 Å². The van der Waals surface area contributed by atoms with Crippen molar-refractivity contribution in [1.82, 2.24) is 5.32 Å². The second-order valence-electron chi connectivity index (χ2n) is 4.55. The molecular formula is C13H21NO. The zero-order valence-corrected chi connectivity index (χ0v) is 9.37. The van der Waals surface area contributed by atoms with Crippen LogP contribution in [-0.2, 0) is 6.54 Å². The predicted octanol–water partition coefficient (Wildman–Crippen LogP) is 3.34. The van der Waals surface area contributed by atoms with Crippen molar-refractivity contribution in [2.75, 3.05) is 6.54 Å². The predicted molar refractivity (Wildman–Crippen MR) is 61.6 cm³/mol. The van der Waals surface area contributed by atoms with E-state index in [1.54, 1.807) is 6.26 Å². The number of hydrogen-bond donors (Lipinski definition) is 1. The van der Waals surface area contributed by atoms with Gasteiger partial charge in [0.15, 0.2) is 0 Å². The summed E-state index contributed by atoms with van der Waals surface area (Å²) in [5.74, 6) is 2.02. The minimum Gasteiger partial charge on any atom is -0.468 e. The summed E-state index contributed by atoms with van der Waals surface area (Å²) in [7, 11) is 0. The van der Waals surface area contributed by atoms with Crippen molar-refractivity contribution in [1.29, 1.82) is 0 Å². The van der Waals surface area contributed by atoms with Gasteiger partial charge >= 0.3 is 0 Å². The fourth-order valence-corrected chi connectivity index (χ4v) is 2.41. The average molecular weight is 207 g/mol. The fourth-order valence-electron chi connectivity index (χ4n) is 2.41. The van der Waals surface area contributed by atoms with Gasteiger partial charge in [-0.1, -0.05) is 32.1 Å². The van der Waals surface area contributed by atoms with Crippen molar-refractivity contribution in [3.05, 3.63) is 24.2 Å². The van der Waals surface area contributed by atoms with E-state index in [9.17, 15) is 0 Å². The molecule has 0 aliphatic heterocycles. The van der Waals surface area contributed by atoms with Gasteiger partial charge in [0, 0.05) is 0 Å². The molecule has 84 valence electrons. The van der Waals surface area contributed by atoms with E-state index in [-0.39, 0.29) is 0 Å². The second kappa shape index (κ2) is 5.96. The van der Waals surface area contributed by atoms with Crippen LogP contribution in [0.2, 0.25) is 0 Å². The first-order chi connectivity index (χ1) is 7.45. The van der Waals surface area contributed by atoms with E-state index in [0.29, 0.717) is 0 Å². The Kier molecular flexibility index (Phi) is 4.27. The Morgan fingerprint density at radius 2 is 2.13 bits per heavy atom. The maximum Gasteiger partial charge on any atom is 0.117 e. The van der Waals surface area contributed by atoms with Crippen LogP contribution in [0.1, 0.15) is 44.3 Å². The summed E-state index contributed by atoms with van der Waals surface area (Å²) in [5, 5.41) is 3.44. The second-order valence-corrected chi connectivity index (χ2v) is 4.55. The van der Waals surface area contributed by atoms with Crippen LogP contribution < -0.4 is 5.32 Å². The summed E-state index contributed by atoms with van der Waals surface area (Å²) in [6.07, 6.45) is 10.3. The molecule has 0 bridgehead atoms. The van der Waals surface area contributed by atoms with Gasteiger partial charge in [0.1, 0.15) is 5.76 Å². The van der Waals surface area contributed by atoms with E-state index >= 15 is 0 Å². The number of nitrogens with one attached hydrogen (secondary N) is 1.